The van der Waals surface area contributed by atoms with Crippen molar-refractivity contribution in [1.82, 2.24) is 4.98 Å². The molecule has 0 atom stereocenters. The van der Waals surface area contributed by atoms with Gasteiger partial charge in [0.2, 0.25) is 0 Å². The molecular formula is C12H12FN3O2S. The highest BCUT2D eigenvalue weighted by atomic mass is 32.1. The van der Waals surface area contributed by atoms with Crippen molar-refractivity contribution in [3.63, 3.8) is 0 Å². The highest BCUT2D eigenvalue weighted by Crippen LogP contribution is 2.32. The lowest BCUT2D eigenvalue weighted by molar-refractivity contribution is -0.384. The van der Waals surface area contributed by atoms with Crippen LogP contribution in [-0.2, 0) is 5.54 Å². The second-order valence-electron chi connectivity index (χ2n) is 4.51. The molecule has 1 aromatic heterocycles. The number of aromatic nitrogens is 1. The molecule has 2 rings (SSSR count). The van der Waals surface area contributed by atoms with Crippen LogP contribution >= 0.6 is 11.3 Å². The highest BCUT2D eigenvalue weighted by Gasteiger charge is 2.26. The number of nitrogens with one attached hydrogen (secondary N) is 1. The number of anilines is 1. The van der Waals surface area contributed by atoms with Crippen molar-refractivity contribution in [2.45, 2.75) is 19.4 Å². The number of rotatable bonds is 4. The Morgan fingerprint density at radius 3 is 2.79 bits per heavy atom. The van der Waals surface area contributed by atoms with E-state index >= 15 is 0 Å². The Balaban J connectivity index is 2.36. The summed E-state index contributed by atoms with van der Waals surface area (Å²) in [7, 11) is 0. The van der Waals surface area contributed by atoms with Crippen LogP contribution in [0.15, 0.2) is 29.8 Å². The minimum atomic E-state index is -0.635. The molecule has 0 spiro atoms. The molecule has 0 aliphatic rings. The van der Waals surface area contributed by atoms with Gasteiger partial charge in [-0.25, -0.2) is 9.37 Å². The molecule has 100 valence electrons. The van der Waals surface area contributed by atoms with E-state index < -0.39 is 16.3 Å². The first-order valence-electron chi connectivity index (χ1n) is 5.52. The molecule has 0 radical (unpaired) electrons. The lowest BCUT2D eigenvalue weighted by Crippen LogP contribution is -2.28. The van der Waals surface area contributed by atoms with Crippen LogP contribution in [0.4, 0.5) is 15.8 Å². The molecule has 5 nitrogen and oxygen atoms in total. The van der Waals surface area contributed by atoms with Gasteiger partial charge in [0.15, 0.2) is 0 Å². The average molecular weight is 281 g/mol. The number of nitro benzene ring substituents is 1. The van der Waals surface area contributed by atoms with Crippen molar-refractivity contribution in [1.29, 1.82) is 0 Å². The van der Waals surface area contributed by atoms with Gasteiger partial charge in [0, 0.05) is 11.6 Å². The van der Waals surface area contributed by atoms with Gasteiger partial charge in [0.1, 0.15) is 16.5 Å². The first kappa shape index (κ1) is 13.4. The summed E-state index contributed by atoms with van der Waals surface area (Å²) in [5.41, 5.74) is -0.590. The summed E-state index contributed by atoms with van der Waals surface area (Å²) in [4.78, 5) is 14.5. The van der Waals surface area contributed by atoms with Crippen molar-refractivity contribution in [3.8, 4) is 0 Å². The van der Waals surface area contributed by atoms with Gasteiger partial charge in [-0.3, -0.25) is 10.1 Å². The lowest BCUT2D eigenvalue weighted by Gasteiger charge is -2.24. The molecule has 0 fully saturated rings. The van der Waals surface area contributed by atoms with Gasteiger partial charge in [-0.15, -0.1) is 11.3 Å². The van der Waals surface area contributed by atoms with Crippen LogP contribution in [0, 0.1) is 15.9 Å². The summed E-state index contributed by atoms with van der Waals surface area (Å²) in [5.74, 6) is -0.635. The van der Waals surface area contributed by atoms with E-state index in [1.807, 2.05) is 19.2 Å². The Morgan fingerprint density at radius 2 is 2.21 bits per heavy atom. The second-order valence-corrected chi connectivity index (χ2v) is 5.40. The number of nitrogens with zero attached hydrogens (tertiary/aromatic N) is 2. The average Bonchev–Trinajstić information content (AvgIpc) is 2.85. The van der Waals surface area contributed by atoms with E-state index in [2.05, 4.69) is 10.3 Å². The Bertz CT molecular complexity index is 599. The van der Waals surface area contributed by atoms with Crippen LogP contribution in [0.1, 0.15) is 18.9 Å². The SMILES string of the molecule is CC(C)(Nc1ccc(F)cc1[N+](=O)[O-])c1nccs1. The van der Waals surface area contributed by atoms with Crippen molar-refractivity contribution in [2.24, 2.45) is 0 Å². The van der Waals surface area contributed by atoms with Crippen LogP contribution in [0.25, 0.3) is 0 Å². The first-order chi connectivity index (χ1) is 8.90. The fourth-order valence-corrected chi connectivity index (χ4v) is 2.40. The number of hydrogen-bond donors (Lipinski definition) is 1. The zero-order valence-electron chi connectivity index (χ0n) is 10.4. The second kappa shape index (κ2) is 4.93. The molecule has 1 heterocycles. The number of thiazole rings is 1. The van der Waals surface area contributed by atoms with Gasteiger partial charge in [-0.05, 0) is 26.0 Å². The molecule has 0 unspecified atom stereocenters. The van der Waals surface area contributed by atoms with E-state index in [-0.39, 0.29) is 11.4 Å². The number of hydrogen-bond acceptors (Lipinski definition) is 5. The van der Waals surface area contributed by atoms with Crippen molar-refractivity contribution in [2.75, 3.05) is 5.32 Å². The predicted molar refractivity (Wildman–Crippen MR) is 71.8 cm³/mol. The fraction of sp³-hybridized carbons (Fsp3) is 0.250. The largest absolute Gasteiger partial charge is 0.368 e. The molecule has 0 amide bonds. The Kier molecular flexibility index (Phi) is 3.48. The third kappa shape index (κ3) is 2.87. The predicted octanol–water partition coefficient (Wildman–Crippen LogP) is 3.54. The van der Waals surface area contributed by atoms with Gasteiger partial charge in [0.05, 0.1) is 16.5 Å². The third-order valence-electron chi connectivity index (χ3n) is 2.57. The van der Waals surface area contributed by atoms with Gasteiger partial charge in [-0.1, -0.05) is 0 Å². The third-order valence-corrected chi connectivity index (χ3v) is 3.67. The van der Waals surface area contributed by atoms with Crippen LogP contribution in [-0.4, -0.2) is 9.91 Å². The molecular weight excluding hydrogens is 269 g/mol. The molecule has 0 aliphatic heterocycles. The molecule has 1 aromatic carbocycles. The van der Waals surface area contributed by atoms with Crippen molar-refractivity contribution >= 4 is 22.7 Å². The van der Waals surface area contributed by atoms with E-state index in [0.717, 1.165) is 11.1 Å². The summed E-state index contributed by atoms with van der Waals surface area (Å²) >= 11 is 1.45. The summed E-state index contributed by atoms with van der Waals surface area (Å²) in [5, 5.41) is 16.6. The lowest BCUT2D eigenvalue weighted by atomic mass is 10.1. The van der Waals surface area contributed by atoms with Crippen LogP contribution in [0.5, 0.6) is 0 Å². The molecule has 0 saturated heterocycles. The van der Waals surface area contributed by atoms with Crippen LogP contribution in [0.2, 0.25) is 0 Å². The zero-order chi connectivity index (χ0) is 14.0. The maximum Gasteiger partial charge on any atom is 0.295 e. The van der Waals surface area contributed by atoms with Gasteiger partial charge >= 0.3 is 0 Å². The summed E-state index contributed by atoms with van der Waals surface area (Å²) in [6.45, 7) is 3.72. The number of halogens is 1. The van der Waals surface area contributed by atoms with Crippen LogP contribution < -0.4 is 5.32 Å². The Labute approximate surface area is 113 Å². The summed E-state index contributed by atoms with van der Waals surface area (Å²) in [6.07, 6.45) is 1.67. The number of benzene rings is 1. The summed E-state index contributed by atoms with van der Waals surface area (Å²) < 4.78 is 13.1. The van der Waals surface area contributed by atoms with Crippen molar-refractivity contribution in [3.05, 3.63) is 50.7 Å². The fourth-order valence-electron chi connectivity index (χ4n) is 1.68. The van der Waals surface area contributed by atoms with Gasteiger partial charge < -0.3 is 5.32 Å². The van der Waals surface area contributed by atoms with E-state index in [0.29, 0.717) is 0 Å². The molecule has 0 saturated carbocycles. The van der Waals surface area contributed by atoms with E-state index in [4.69, 9.17) is 0 Å². The quantitative estimate of drug-likeness (QED) is 0.687. The topological polar surface area (TPSA) is 68.1 Å². The molecule has 0 bridgehead atoms. The van der Waals surface area contributed by atoms with Gasteiger partial charge in [-0.2, -0.15) is 0 Å². The first-order valence-corrected chi connectivity index (χ1v) is 6.40. The maximum absolute atomic E-state index is 13.1. The van der Waals surface area contributed by atoms with E-state index in [1.165, 1.54) is 23.5 Å². The molecule has 2 aromatic rings. The maximum atomic E-state index is 13.1. The smallest absolute Gasteiger partial charge is 0.295 e. The molecule has 19 heavy (non-hydrogen) atoms. The normalized spacial score (nSPS) is 11.3. The highest BCUT2D eigenvalue weighted by molar-refractivity contribution is 7.09. The zero-order valence-corrected chi connectivity index (χ0v) is 11.2. The Hall–Kier alpha value is -2.02. The molecule has 7 heteroatoms. The molecule has 1 N–H and O–H groups in total. The van der Waals surface area contributed by atoms with E-state index in [1.54, 1.807) is 6.20 Å². The van der Waals surface area contributed by atoms with E-state index in [9.17, 15) is 14.5 Å². The van der Waals surface area contributed by atoms with Crippen LogP contribution in [0.3, 0.4) is 0 Å². The van der Waals surface area contributed by atoms with Gasteiger partial charge in [0.25, 0.3) is 5.69 Å². The minimum Gasteiger partial charge on any atom is -0.368 e. The molecule has 0 aliphatic carbocycles. The Morgan fingerprint density at radius 1 is 1.47 bits per heavy atom. The summed E-state index contributed by atoms with van der Waals surface area (Å²) in [6, 6.07) is 3.45. The minimum absolute atomic E-state index is 0.270. The monoisotopic (exact) mass is 281 g/mol. The number of nitro groups is 1. The standard InChI is InChI=1S/C12H12FN3O2S/c1-12(2,11-14-5-6-19-11)15-9-4-3-8(13)7-10(9)16(17)18/h3-7,15H,1-2H3. The van der Waals surface area contributed by atoms with Crippen molar-refractivity contribution < 1.29 is 9.31 Å².